The zero-order valence-electron chi connectivity index (χ0n) is 38.5. The second kappa shape index (κ2) is 40.8. The zero-order chi connectivity index (χ0) is 43.9. The van der Waals surface area contributed by atoms with Crippen LogP contribution in [0.15, 0.2) is 0 Å². The van der Waals surface area contributed by atoms with Crippen LogP contribution in [0.2, 0.25) is 0 Å². The quantitative estimate of drug-likeness (QED) is 0.0293. The monoisotopic (exact) mass is 862 g/mol. The number of aliphatic hydroxyl groups excluding tert-OH is 6. The number of rotatable bonds is 44. The zero-order valence-corrected chi connectivity index (χ0v) is 38.5. The molecule has 12 nitrogen and oxygen atoms in total. The average molecular weight is 862 g/mol. The maximum Gasteiger partial charge on any atom is 0.220 e. The molecule has 1 amide bonds. The minimum absolute atomic E-state index is 0.262. The average Bonchev–Trinajstić information content (AvgIpc) is 3.25. The molecule has 0 aliphatic carbocycles. The van der Waals surface area contributed by atoms with Crippen molar-refractivity contribution in [3.63, 3.8) is 0 Å². The highest BCUT2D eigenvalue weighted by Gasteiger charge is 2.44. The molecule has 0 aromatic heterocycles. The van der Waals surface area contributed by atoms with E-state index in [2.05, 4.69) is 12.2 Å². The number of carbonyl (C=O) groups is 1. The van der Waals surface area contributed by atoms with Gasteiger partial charge in [0.15, 0.2) is 6.29 Å². The molecule has 1 aliphatic rings. The second-order valence-electron chi connectivity index (χ2n) is 17.5. The smallest absolute Gasteiger partial charge is 0.220 e. The number of hydrogen-bond donors (Lipinski definition) is 7. The van der Waals surface area contributed by atoms with Crippen molar-refractivity contribution in [3.8, 4) is 0 Å². The molecule has 0 aromatic rings. The third kappa shape index (κ3) is 30.2. The van der Waals surface area contributed by atoms with E-state index in [1.807, 2.05) is 6.92 Å². The lowest BCUT2D eigenvalue weighted by Gasteiger charge is -2.40. The molecule has 1 saturated heterocycles. The molecular formula is C48H95NO11. The Morgan fingerprint density at radius 1 is 0.567 bits per heavy atom. The first-order valence-corrected chi connectivity index (χ1v) is 25.0. The molecule has 0 saturated carbocycles. The fourth-order valence-electron chi connectivity index (χ4n) is 7.98. The van der Waals surface area contributed by atoms with Gasteiger partial charge >= 0.3 is 0 Å². The van der Waals surface area contributed by atoms with E-state index in [9.17, 15) is 35.4 Å². The van der Waals surface area contributed by atoms with E-state index < -0.39 is 55.6 Å². The van der Waals surface area contributed by atoms with Gasteiger partial charge in [0.1, 0.15) is 30.5 Å². The molecule has 358 valence electrons. The number of nitrogens with one attached hydrogen (secondary N) is 1. The Morgan fingerprint density at radius 2 is 1.00 bits per heavy atom. The summed E-state index contributed by atoms with van der Waals surface area (Å²) in [5.41, 5.74) is 0. The molecule has 7 N–H and O–H groups in total. The van der Waals surface area contributed by atoms with Crippen molar-refractivity contribution in [2.45, 2.75) is 262 Å². The van der Waals surface area contributed by atoms with E-state index in [1.54, 1.807) is 0 Å². The van der Waals surface area contributed by atoms with E-state index in [1.165, 1.54) is 122 Å². The van der Waals surface area contributed by atoms with Crippen LogP contribution < -0.4 is 5.32 Å². The van der Waals surface area contributed by atoms with Crippen molar-refractivity contribution >= 4 is 5.91 Å². The van der Waals surface area contributed by atoms with Crippen molar-refractivity contribution in [2.24, 2.45) is 0 Å². The van der Waals surface area contributed by atoms with Crippen LogP contribution in [0.1, 0.15) is 213 Å². The molecule has 0 aromatic carbocycles. The third-order valence-electron chi connectivity index (χ3n) is 12.0. The van der Waals surface area contributed by atoms with Gasteiger partial charge in [-0.25, -0.2) is 0 Å². The summed E-state index contributed by atoms with van der Waals surface area (Å²) in [5, 5.41) is 65.2. The van der Waals surface area contributed by atoms with Crippen LogP contribution in [0.4, 0.5) is 0 Å². The minimum Gasteiger partial charge on any atom is -0.394 e. The number of aliphatic hydroxyl groups is 6. The van der Waals surface area contributed by atoms with E-state index in [-0.39, 0.29) is 18.9 Å². The van der Waals surface area contributed by atoms with Gasteiger partial charge < -0.3 is 54.9 Å². The van der Waals surface area contributed by atoms with Crippen LogP contribution in [0.5, 0.6) is 0 Å². The maximum atomic E-state index is 13.0. The summed E-state index contributed by atoms with van der Waals surface area (Å²) in [6, 6.07) is -0.992. The van der Waals surface area contributed by atoms with Crippen molar-refractivity contribution in [1.29, 1.82) is 0 Å². The van der Waals surface area contributed by atoms with Gasteiger partial charge in [-0.1, -0.05) is 161 Å². The summed E-state index contributed by atoms with van der Waals surface area (Å²) in [5.74, 6) is -0.262. The SMILES string of the molecule is CCCCCCCCCCCCCC[C@@H](O)[C@@H](O)[C@H](CO[C@H]1O[C@H](CO)[C@H](O)[C@H](O)[C@H]1O)NC(=O)CCCCCCCCCCCCCCCCOCCCCCOCC. The molecule has 1 rings (SSSR count). The second-order valence-corrected chi connectivity index (χ2v) is 17.5. The molecule has 60 heavy (non-hydrogen) atoms. The van der Waals surface area contributed by atoms with Crippen LogP contribution in [-0.4, -0.2) is 125 Å². The number of amides is 1. The first-order valence-electron chi connectivity index (χ1n) is 25.0. The van der Waals surface area contributed by atoms with Crippen molar-refractivity contribution in [2.75, 3.05) is 39.6 Å². The first kappa shape index (κ1) is 57.1. The highest BCUT2D eigenvalue weighted by atomic mass is 16.7. The Bertz CT molecular complexity index is 931. The predicted octanol–water partition coefficient (Wildman–Crippen LogP) is 8.18. The Kier molecular flexibility index (Phi) is 38.8. The Balaban J connectivity index is 2.26. The highest BCUT2D eigenvalue weighted by molar-refractivity contribution is 5.76. The Morgan fingerprint density at radius 3 is 1.48 bits per heavy atom. The van der Waals surface area contributed by atoms with Crippen LogP contribution in [0, 0.1) is 0 Å². The standard InChI is InChI=1S/C48H95NO11/c1-3-5-6-7-8-9-10-15-18-21-24-28-33-41(51)44(53)40(39-59-48-47(56)46(55)45(54)42(38-50)60-48)49-43(52)34-29-25-22-19-16-13-11-12-14-17-20-23-26-30-36-58-37-32-27-31-35-57-4-2/h40-42,44-48,50-51,53-56H,3-39H2,1-2H3,(H,49,52)/t40-,41+,42+,44-,45-,46-,47+,48-/m0/s1. The number of hydrogen-bond acceptors (Lipinski definition) is 11. The molecule has 0 spiro atoms. The first-order chi connectivity index (χ1) is 29.3. The van der Waals surface area contributed by atoms with Crippen molar-refractivity contribution in [3.05, 3.63) is 0 Å². The largest absolute Gasteiger partial charge is 0.394 e. The van der Waals surface area contributed by atoms with Gasteiger partial charge in [-0.05, 0) is 45.4 Å². The number of ether oxygens (including phenoxy) is 4. The lowest BCUT2D eigenvalue weighted by Crippen LogP contribution is -2.60. The van der Waals surface area contributed by atoms with E-state index >= 15 is 0 Å². The molecule has 0 unspecified atom stereocenters. The van der Waals surface area contributed by atoms with Gasteiger partial charge in [-0.2, -0.15) is 0 Å². The number of carbonyl (C=O) groups excluding carboxylic acids is 1. The summed E-state index contributed by atoms with van der Waals surface area (Å²) >= 11 is 0. The molecule has 1 heterocycles. The maximum absolute atomic E-state index is 13.0. The number of unbranched alkanes of at least 4 members (excludes halogenated alkanes) is 26. The van der Waals surface area contributed by atoms with Crippen LogP contribution >= 0.6 is 0 Å². The van der Waals surface area contributed by atoms with Gasteiger partial charge in [0.05, 0.1) is 25.4 Å². The van der Waals surface area contributed by atoms with E-state index in [4.69, 9.17) is 18.9 Å². The summed E-state index contributed by atoms with van der Waals surface area (Å²) in [6.45, 7) is 6.80. The molecule has 0 bridgehead atoms. The van der Waals surface area contributed by atoms with Crippen LogP contribution in [0.25, 0.3) is 0 Å². The van der Waals surface area contributed by atoms with Crippen molar-refractivity contribution < 1.29 is 54.4 Å². The fourth-order valence-corrected chi connectivity index (χ4v) is 7.98. The lowest BCUT2D eigenvalue weighted by atomic mass is 9.98. The van der Waals surface area contributed by atoms with Gasteiger partial charge in [-0.15, -0.1) is 0 Å². The molecular weight excluding hydrogens is 767 g/mol. The minimum atomic E-state index is -1.61. The Labute approximate surface area is 366 Å². The predicted molar refractivity (Wildman–Crippen MR) is 240 cm³/mol. The van der Waals surface area contributed by atoms with Gasteiger partial charge in [0.2, 0.25) is 5.91 Å². The normalized spacial score (nSPS) is 21.0. The van der Waals surface area contributed by atoms with Crippen LogP contribution in [-0.2, 0) is 23.7 Å². The Hall–Kier alpha value is -0.930. The summed E-state index contributed by atoms with van der Waals surface area (Å²) in [4.78, 5) is 13.0. The molecule has 0 radical (unpaired) electrons. The fraction of sp³-hybridized carbons (Fsp3) is 0.979. The molecule has 1 fully saturated rings. The molecule has 1 aliphatic heterocycles. The van der Waals surface area contributed by atoms with E-state index in [0.717, 1.165) is 84.2 Å². The molecule has 8 atom stereocenters. The summed E-state index contributed by atoms with van der Waals surface area (Å²) < 4.78 is 22.3. The van der Waals surface area contributed by atoms with E-state index in [0.29, 0.717) is 12.8 Å². The van der Waals surface area contributed by atoms with Crippen LogP contribution in [0.3, 0.4) is 0 Å². The lowest BCUT2D eigenvalue weighted by molar-refractivity contribution is -0.303. The molecule has 12 heteroatoms. The van der Waals surface area contributed by atoms with Gasteiger partial charge in [0.25, 0.3) is 0 Å². The van der Waals surface area contributed by atoms with Gasteiger partial charge in [-0.3, -0.25) is 4.79 Å². The summed E-state index contributed by atoms with van der Waals surface area (Å²) in [6.07, 6.45) is 25.3. The topological polar surface area (TPSA) is 187 Å². The van der Waals surface area contributed by atoms with Crippen molar-refractivity contribution in [1.82, 2.24) is 5.32 Å². The third-order valence-corrected chi connectivity index (χ3v) is 12.0. The highest BCUT2D eigenvalue weighted by Crippen LogP contribution is 2.23. The summed E-state index contributed by atoms with van der Waals surface area (Å²) in [7, 11) is 0. The van der Waals surface area contributed by atoms with Gasteiger partial charge in [0, 0.05) is 32.8 Å².